The number of carbonyl (C=O) groups excluding carboxylic acids is 2. The second-order valence-corrected chi connectivity index (χ2v) is 10.8. The molecule has 194 valence electrons. The molecule has 3 aromatic rings. The first-order valence-corrected chi connectivity index (χ1v) is 13.2. The molecule has 2 amide bonds. The molecule has 3 atom stereocenters. The van der Waals surface area contributed by atoms with E-state index in [9.17, 15) is 14.4 Å². The Morgan fingerprint density at radius 3 is 2.41 bits per heavy atom. The highest BCUT2D eigenvalue weighted by atomic mass is 16.2. The first-order valence-electron chi connectivity index (χ1n) is 13.2. The Morgan fingerprint density at radius 2 is 1.70 bits per heavy atom. The number of hydrogen-bond donors (Lipinski definition) is 2. The lowest BCUT2D eigenvalue weighted by Crippen LogP contribution is -2.45. The van der Waals surface area contributed by atoms with E-state index < -0.39 is 11.9 Å². The van der Waals surface area contributed by atoms with Crippen LogP contribution < -0.4 is 16.2 Å². The number of benzene rings is 2. The van der Waals surface area contributed by atoms with Gasteiger partial charge in [0.1, 0.15) is 11.9 Å². The van der Waals surface area contributed by atoms with E-state index >= 15 is 0 Å². The number of hydrogen-bond acceptors (Lipinski definition) is 6. The lowest BCUT2D eigenvalue weighted by molar-refractivity contribution is -0.135. The Labute approximate surface area is 217 Å². The molecule has 0 saturated carbocycles. The van der Waals surface area contributed by atoms with Gasteiger partial charge in [-0.2, -0.15) is 0 Å². The molecule has 2 N–H and O–H groups in total. The standard InChI is InChI=1S/C29H35N5O3/c1-18-13-19(2)16-33(15-18)17-22-9-7-21(8-10-22)14-30-23-5-4-6-24-27(23)29(37)34(20(3)31-24)25-11-12-26(35)32-28(25)36/h4-10,18-19,25,30H,11-17H2,1-3H3,(H,32,35,36). The minimum atomic E-state index is -0.742. The average molecular weight is 502 g/mol. The minimum absolute atomic E-state index is 0.200. The third-order valence-corrected chi connectivity index (χ3v) is 7.48. The van der Waals surface area contributed by atoms with Gasteiger partial charge in [0.2, 0.25) is 11.8 Å². The average Bonchev–Trinajstić information content (AvgIpc) is 2.84. The van der Waals surface area contributed by atoms with E-state index in [0.717, 1.165) is 37.0 Å². The minimum Gasteiger partial charge on any atom is -0.380 e. The van der Waals surface area contributed by atoms with Gasteiger partial charge in [-0.25, -0.2) is 4.98 Å². The Bertz CT molecular complexity index is 1370. The number of amides is 2. The van der Waals surface area contributed by atoms with Crippen LogP contribution in [-0.4, -0.2) is 39.4 Å². The fourth-order valence-electron chi connectivity index (χ4n) is 5.94. The van der Waals surface area contributed by atoms with E-state index in [1.807, 2.05) is 12.1 Å². The maximum atomic E-state index is 13.6. The van der Waals surface area contributed by atoms with Crippen molar-refractivity contribution < 1.29 is 9.59 Å². The van der Waals surface area contributed by atoms with Crippen LogP contribution in [-0.2, 0) is 22.7 Å². The number of fused-ring (bicyclic) bond motifs is 1. The zero-order chi connectivity index (χ0) is 26.1. The lowest BCUT2D eigenvalue weighted by Gasteiger charge is -2.35. The van der Waals surface area contributed by atoms with Crippen LogP contribution in [0.1, 0.15) is 56.1 Å². The molecule has 2 aromatic carbocycles. The monoisotopic (exact) mass is 501 g/mol. The summed E-state index contributed by atoms with van der Waals surface area (Å²) in [6.07, 6.45) is 1.80. The molecule has 3 heterocycles. The van der Waals surface area contributed by atoms with Crippen molar-refractivity contribution >= 4 is 28.4 Å². The number of anilines is 1. The van der Waals surface area contributed by atoms with Crippen LogP contribution in [0.15, 0.2) is 47.3 Å². The van der Waals surface area contributed by atoms with Gasteiger partial charge in [-0.1, -0.05) is 44.2 Å². The Kier molecular flexibility index (Phi) is 7.11. The molecule has 3 unspecified atom stereocenters. The van der Waals surface area contributed by atoms with Crippen molar-refractivity contribution in [1.82, 2.24) is 19.8 Å². The molecule has 8 nitrogen and oxygen atoms in total. The van der Waals surface area contributed by atoms with Gasteiger partial charge in [-0.3, -0.25) is 29.2 Å². The highest BCUT2D eigenvalue weighted by Gasteiger charge is 2.30. The van der Waals surface area contributed by atoms with Crippen molar-refractivity contribution in [2.24, 2.45) is 11.8 Å². The second-order valence-electron chi connectivity index (χ2n) is 10.8. The van der Waals surface area contributed by atoms with Crippen LogP contribution >= 0.6 is 0 Å². The first kappa shape index (κ1) is 25.1. The van der Waals surface area contributed by atoms with E-state index in [1.165, 1.54) is 16.6 Å². The van der Waals surface area contributed by atoms with Gasteiger partial charge in [-0.15, -0.1) is 0 Å². The van der Waals surface area contributed by atoms with Crippen LogP contribution in [0.25, 0.3) is 10.9 Å². The summed E-state index contributed by atoms with van der Waals surface area (Å²) in [6, 6.07) is 13.4. The SMILES string of the molecule is Cc1nc2cccc(NCc3ccc(CN4CC(C)CC(C)C4)cc3)c2c(=O)n1C1CCC(=O)NC1=O. The summed E-state index contributed by atoms with van der Waals surface area (Å²) in [5.74, 6) is 1.17. The largest absolute Gasteiger partial charge is 0.380 e. The molecule has 2 aliphatic heterocycles. The predicted molar refractivity (Wildman–Crippen MR) is 144 cm³/mol. The van der Waals surface area contributed by atoms with Gasteiger partial charge in [0.05, 0.1) is 10.9 Å². The van der Waals surface area contributed by atoms with Gasteiger partial charge in [-0.05, 0) is 54.9 Å². The smallest absolute Gasteiger partial charge is 0.264 e. The maximum absolute atomic E-state index is 13.6. The topological polar surface area (TPSA) is 96.3 Å². The number of rotatable bonds is 6. The molecule has 2 saturated heterocycles. The van der Waals surface area contributed by atoms with Crippen LogP contribution in [0.2, 0.25) is 0 Å². The van der Waals surface area contributed by atoms with Crippen molar-refractivity contribution in [1.29, 1.82) is 0 Å². The Balaban J connectivity index is 1.33. The van der Waals surface area contributed by atoms with Gasteiger partial charge < -0.3 is 5.32 Å². The zero-order valence-corrected chi connectivity index (χ0v) is 21.8. The second kappa shape index (κ2) is 10.5. The molecule has 0 radical (unpaired) electrons. The summed E-state index contributed by atoms with van der Waals surface area (Å²) in [5.41, 5.74) is 3.40. The normalized spacial score (nSPS) is 22.7. The molecule has 0 spiro atoms. The van der Waals surface area contributed by atoms with Crippen molar-refractivity contribution in [2.45, 2.75) is 59.2 Å². The molecule has 8 heteroatoms. The summed E-state index contributed by atoms with van der Waals surface area (Å²) in [7, 11) is 0. The van der Waals surface area contributed by atoms with Gasteiger partial charge in [0.15, 0.2) is 0 Å². The van der Waals surface area contributed by atoms with Crippen LogP contribution in [0.4, 0.5) is 5.69 Å². The van der Waals surface area contributed by atoms with Gasteiger partial charge in [0.25, 0.3) is 5.56 Å². The van der Waals surface area contributed by atoms with Crippen LogP contribution in [0.5, 0.6) is 0 Å². The van der Waals surface area contributed by atoms with E-state index in [0.29, 0.717) is 29.0 Å². The van der Waals surface area contributed by atoms with Crippen molar-refractivity contribution in [3.8, 4) is 0 Å². The van der Waals surface area contributed by atoms with Gasteiger partial charge in [0, 0.05) is 38.3 Å². The highest BCUT2D eigenvalue weighted by molar-refractivity contribution is 5.99. The van der Waals surface area contributed by atoms with Crippen molar-refractivity contribution in [3.05, 3.63) is 69.8 Å². The molecular formula is C29H35N5O3. The van der Waals surface area contributed by atoms with Crippen LogP contribution in [0.3, 0.4) is 0 Å². The number of carbonyl (C=O) groups is 2. The quantitative estimate of drug-likeness (QED) is 0.499. The fourth-order valence-corrected chi connectivity index (χ4v) is 5.94. The number of aryl methyl sites for hydroxylation is 1. The summed E-state index contributed by atoms with van der Waals surface area (Å²) in [6.45, 7) is 10.2. The number of nitrogens with one attached hydrogen (secondary N) is 2. The van der Waals surface area contributed by atoms with E-state index in [1.54, 1.807) is 13.0 Å². The third-order valence-electron chi connectivity index (χ3n) is 7.48. The summed E-state index contributed by atoms with van der Waals surface area (Å²) >= 11 is 0. The van der Waals surface area contributed by atoms with E-state index in [-0.39, 0.29) is 24.3 Å². The molecule has 37 heavy (non-hydrogen) atoms. The highest BCUT2D eigenvalue weighted by Crippen LogP contribution is 2.25. The van der Waals surface area contributed by atoms with Gasteiger partial charge >= 0.3 is 0 Å². The Hall–Kier alpha value is -3.52. The fraction of sp³-hybridized carbons (Fsp3) is 0.448. The summed E-state index contributed by atoms with van der Waals surface area (Å²) in [5, 5.41) is 6.20. The molecular weight excluding hydrogens is 466 g/mol. The van der Waals surface area contributed by atoms with Crippen LogP contribution in [0, 0.1) is 18.8 Å². The number of piperidine rings is 2. The molecule has 5 rings (SSSR count). The number of nitrogens with zero attached hydrogens (tertiary/aromatic N) is 3. The maximum Gasteiger partial charge on any atom is 0.264 e. The molecule has 0 aliphatic carbocycles. The van der Waals surface area contributed by atoms with E-state index in [2.05, 4.69) is 58.6 Å². The van der Waals surface area contributed by atoms with Crippen molar-refractivity contribution in [2.75, 3.05) is 18.4 Å². The molecule has 2 fully saturated rings. The first-order chi connectivity index (χ1) is 17.8. The van der Waals surface area contributed by atoms with E-state index in [4.69, 9.17) is 0 Å². The summed E-state index contributed by atoms with van der Waals surface area (Å²) < 4.78 is 1.42. The zero-order valence-electron chi connectivity index (χ0n) is 21.8. The number of likely N-dealkylation sites (tertiary alicyclic amines) is 1. The number of imide groups is 1. The predicted octanol–water partition coefficient (Wildman–Crippen LogP) is 3.77. The molecule has 2 aliphatic rings. The lowest BCUT2D eigenvalue weighted by atomic mass is 9.91. The molecule has 1 aromatic heterocycles. The number of aromatic nitrogens is 2. The summed E-state index contributed by atoms with van der Waals surface area (Å²) in [4.78, 5) is 44.9. The van der Waals surface area contributed by atoms with Crippen molar-refractivity contribution in [3.63, 3.8) is 0 Å². The third kappa shape index (κ3) is 5.44. The molecule has 0 bridgehead atoms. The Morgan fingerprint density at radius 1 is 1.00 bits per heavy atom.